The van der Waals surface area contributed by atoms with Gasteiger partial charge < -0.3 is 10.4 Å². The molecule has 3 nitrogen and oxygen atoms in total. The Bertz CT molecular complexity index is 492. The average molecular weight is 287 g/mol. The lowest BCUT2D eigenvalue weighted by atomic mass is 9.86. The van der Waals surface area contributed by atoms with Crippen molar-refractivity contribution in [2.24, 2.45) is 5.92 Å². The summed E-state index contributed by atoms with van der Waals surface area (Å²) < 4.78 is 0. The molecule has 0 saturated heterocycles. The van der Waals surface area contributed by atoms with Gasteiger partial charge in [0.05, 0.1) is 5.92 Å². The van der Waals surface area contributed by atoms with Crippen molar-refractivity contribution in [3.63, 3.8) is 0 Å². The molecule has 3 heteroatoms. The van der Waals surface area contributed by atoms with E-state index in [0.29, 0.717) is 12.0 Å². The number of carboxylic acid groups (broad SMARTS) is 1. The molecule has 3 rings (SSSR count). The van der Waals surface area contributed by atoms with Gasteiger partial charge in [0.15, 0.2) is 0 Å². The van der Waals surface area contributed by atoms with Gasteiger partial charge in [-0.15, -0.1) is 0 Å². The van der Waals surface area contributed by atoms with Crippen molar-refractivity contribution in [3.8, 4) is 0 Å². The first-order valence-electron chi connectivity index (χ1n) is 8.28. The zero-order valence-electron chi connectivity index (χ0n) is 12.6. The van der Waals surface area contributed by atoms with Crippen molar-refractivity contribution in [1.82, 2.24) is 5.32 Å². The molecule has 1 unspecified atom stereocenters. The molecule has 1 aromatic rings. The Labute approximate surface area is 126 Å². The Balaban J connectivity index is 1.41. The van der Waals surface area contributed by atoms with Crippen LogP contribution >= 0.6 is 0 Å². The summed E-state index contributed by atoms with van der Waals surface area (Å²) in [5.41, 5.74) is 3.08. The first kappa shape index (κ1) is 14.6. The fraction of sp³-hybridized carbons (Fsp3) is 0.611. The number of rotatable bonds is 5. The standard InChI is InChI=1S/C18H25NO2/c20-18(21)15-7-9-16(10-8-15)19-12-11-14-6-5-13-3-1-2-4-17(13)14/h1-4,14-16,19H,5-12H2,(H,20,21). The normalized spacial score (nSPS) is 28.3. The summed E-state index contributed by atoms with van der Waals surface area (Å²) in [5, 5.41) is 12.7. The first-order valence-corrected chi connectivity index (χ1v) is 8.28. The second kappa shape index (κ2) is 6.61. The van der Waals surface area contributed by atoms with Gasteiger partial charge in [-0.3, -0.25) is 4.79 Å². The molecule has 0 aliphatic heterocycles. The van der Waals surface area contributed by atoms with Crippen LogP contribution in [0.1, 0.15) is 55.6 Å². The second-order valence-corrected chi connectivity index (χ2v) is 6.56. The first-order chi connectivity index (χ1) is 10.2. The lowest BCUT2D eigenvalue weighted by molar-refractivity contribution is -0.142. The SMILES string of the molecule is O=C(O)C1CCC(NCCC2CCc3ccccc32)CC1. The van der Waals surface area contributed by atoms with Gasteiger partial charge >= 0.3 is 5.97 Å². The van der Waals surface area contributed by atoms with E-state index < -0.39 is 5.97 Å². The molecule has 1 aromatic carbocycles. The Morgan fingerprint density at radius 1 is 1.14 bits per heavy atom. The highest BCUT2D eigenvalue weighted by Gasteiger charge is 2.26. The number of aryl methyl sites for hydroxylation is 1. The molecule has 0 heterocycles. The molecule has 0 spiro atoms. The Hall–Kier alpha value is -1.35. The summed E-state index contributed by atoms with van der Waals surface area (Å²) in [5.74, 6) is -0.00942. The fourth-order valence-corrected chi connectivity index (χ4v) is 3.95. The average Bonchev–Trinajstić information content (AvgIpc) is 2.91. The van der Waals surface area contributed by atoms with E-state index in [1.807, 2.05) is 0 Å². The summed E-state index contributed by atoms with van der Waals surface area (Å²) >= 11 is 0. The number of carboxylic acids is 1. The number of fused-ring (bicyclic) bond motifs is 1. The van der Waals surface area contributed by atoms with Crippen LogP contribution in [0.25, 0.3) is 0 Å². The molecule has 2 N–H and O–H groups in total. The highest BCUT2D eigenvalue weighted by Crippen LogP contribution is 2.35. The van der Waals surface area contributed by atoms with Crippen LogP contribution in [-0.4, -0.2) is 23.7 Å². The summed E-state index contributed by atoms with van der Waals surface area (Å²) in [6, 6.07) is 9.36. The predicted octanol–water partition coefficient (Wildman–Crippen LogP) is 3.34. The van der Waals surface area contributed by atoms with E-state index in [-0.39, 0.29) is 5.92 Å². The molecule has 1 saturated carbocycles. The van der Waals surface area contributed by atoms with Crippen molar-refractivity contribution in [2.75, 3.05) is 6.54 Å². The highest BCUT2D eigenvalue weighted by molar-refractivity contribution is 5.70. The third kappa shape index (κ3) is 3.46. The number of benzene rings is 1. The van der Waals surface area contributed by atoms with Crippen LogP contribution in [0.3, 0.4) is 0 Å². The number of nitrogens with one attached hydrogen (secondary N) is 1. The van der Waals surface area contributed by atoms with Gasteiger partial charge in [-0.2, -0.15) is 0 Å². The van der Waals surface area contributed by atoms with Crippen molar-refractivity contribution < 1.29 is 9.90 Å². The second-order valence-electron chi connectivity index (χ2n) is 6.56. The lowest BCUT2D eigenvalue weighted by Crippen LogP contribution is -2.35. The van der Waals surface area contributed by atoms with E-state index in [1.165, 1.54) is 24.8 Å². The molecule has 1 fully saturated rings. The molecule has 0 bridgehead atoms. The zero-order valence-corrected chi connectivity index (χ0v) is 12.6. The Morgan fingerprint density at radius 3 is 2.67 bits per heavy atom. The molecular weight excluding hydrogens is 262 g/mol. The topological polar surface area (TPSA) is 49.3 Å². The van der Waals surface area contributed by atoms with Gasteiger partial charge in [0, 0.05) is 6.04 Å². The summed E-state index contributed by atoms with van der Waals surface area (Å²) in [6.45, 7) is 1.06. The van der Waals surface area contributed by atoms with Crippen LogP contribution in [0.15, 0.2) is 24.3 Å². The Kier molecular flexibility index (Phi) is 4.59. The molecule has 0 amide bonds. The quantitative estimate of drug-likeness (QED) is 0.873. The minimum Gasteiger partial charge on any atom is -0.481 e. The maximum Gasteiger partial charge on any atom is 0.306 e. The molecule has 2 aliphatic carbocycles. The van der Waals surface area contributed by atoms with E-state index in [2.05, 4.69) is 29.6 Å². The molecule has 0 aromatic heterocycles. The van der Waals surface area contributed by atoms with Gasteiger partial charge in [0.1, 0.15) is 0 Å². The minimum atomic E-state index is -0.615. The van der Waals surface area contributed by atoms with Gasteiger partial charge in [-0.25, -0.2) is 0 Å². The molecular formula is C18H25NO2. The van der Waals surface area contributed by atoms with Crippen LogP contribution < -0.4 is 5.32 Å². The summed E-state index contributed by atoms with van der Waals surface area (Å²) in [7, 11) is 0. The maximum absolute atomic E-state index is 10.9. The molecule has 2 aliphatic rings. The van der Waals surface area contributed by atoms with Crippen LogP contribution in [0, 0.1) is 5.92 Å². The monoisotopic (exact) mass is 287 g/mol. The zero-order chi connectivity index (χ0) is 14.7. The van der Waals surface area contributed by atoms with Gasteiger partial charge in [-0.05, 0) is 68.5 Å². The predicted molar refractivity (Wildman–Crippen MR) is 83.5 cm³/mol. The van der Waals surface area contributed by atoms with Crippen LogP contribution in [0.2, 0.25) is 0 Å². The van der Waals surface area contributed by atoms with Gasteiger partial charge in [0.25, 0.3) is 0 Å². The van der Waals surface area contributed by atoms with E-state index in [4.69, 9.17) is 5.11 Å². The van der Waals surface area contributed by atoms with E-state index in [0.717, 1.165) is 32.2 Å². The number of aliphatic carboxylic acids is 1. The fourth-order valence-electron chi connectivity index (χ4n) is 3.95. The lowest BCUT2D eigenvalue weighted by Gasteiger charge is -2.27. The van der Waals surface area contributed by atoms with E-state index in [9.17, 15) is 4.79 Å². The highest BCUT2D eigenvalue weighted by atomic mass is 16.4. The van der Waals surface area contributed by atoms with Gasteiger partial charge in [0.2, 0.25) is 0 Å². The molecule has 114 valence electrons. The van der Waals surface area contributed by atoms with Crippen molar-refractivity contribution >= 4 is 5.97 Å². The van der Waals surface area contributed by atoms with Crippen molar-refractivity contribution in [1.29, 1.82) is 0 Å². The van der Waals surface area contributed by atoms with Gasteiger partial charge in [-0.1, -0.05) is 24.3 Å². The van der Waals surface area contributed by atoms with E-state index >= 15 is 0 Å². The summed E-state index contributed by atoms with van der Waals surface area (Å²) in [4.78, 5) is 10.9. The summed E-state index contributed by atoms with van der Waals surface area (Å²) in [6.07, 6.45) is 7.40. The largest absolute Gasteiger partial charge is 0.481 e. The molecule has 1 atom stereocenters. The maximum atomic E-state index is 10.9. The van der Waals surface area contributed by atoms with Crippen LogP contribution in [-0.2, 0) is 11.2 Å². The molecule has 0 radical (unpaired) electrons. The van der Waals surface area contributed by atoms with Crippen LogP contribution in [0.5, 0.6) is 0 Å². The molecule has 21 heavy (non-hydrogen) atoms. The van der Waals surface area contributed by atoms with Crippen molar-refractivity contribution in [3.05, 3.63) is 35.4 Å². The van der Waals surface area contributed by atoms with E-state index in [1.54, 1.807) is 5.56 Å². The minimum absolute atomic E-state index is 0.107. The Morgan fingerprint density at radius 2 is 1.90 bits per heavy atom. The smallest absolute Gasteiger partial charge is 0.306 e. The number of hydrogen-bond acceptors (Lipinski definition) is 2. The third-order valence-electron chi connectivity index (χ3n) is 5.26. The number of hydrogen-bond donors (Lipinski definition) is 2. The number of carbonyl (C=O) groups is 1. The van der Waals surface area contributed by atoms with Crippen molar-refractivity contribution in [2.45, 2.75) is 56.9 Å². The van der Waals surface area contributed by atoms with Crippen LogP contribution in [0.4, 0.5) is 0 Å². The third-order valence-corrected chi connectivity index (χ3v) is 5.26.